The molecule has 0 spiro atoms. The lowest BCUT2D eigenvalue weighted by Crippen LogP contribution is -2.48. The van der Waals surface area contributed by atoms with Crippen molar-refractivity contribution in [2.75, 3.05) is 19.1 Å². The molecule has 174 valence electrons. The molecule has 1 aliphatic rings. The lowest BCUT2D eigenvalue weighted by Gasteiger charge is -2.38. The third-order valence-corrected chi connectivity index (χ3v) is 5.07. The number of methoxy groups -OCH3 is 1. The highest BCUT2D eigenvalue weighted by Gasteiger charge is 2.52. The van der Waals surface area contributed by atoms with Crippen LogP contribution in [0, 0.1) is 5.82 Å². The first-order valence-electron chi connectivity index (χ1n) is 9.53. The van der Waals surface area contributed by atoms with E-state index in [4.69, 9.17) is 15.2 Å². The van der Waals surface area contributed by atoms with Gasteiger partial charge in [0.25, 0.3) is 6.02 Å². The van der Waals surface area contributed by atoms with Gasteiger partial charge in [0.05, 0.1) is 18.8 Å². The summed E-state index contributed by atoms with van der Waals surface area (Å²) in [7, 11) is 1.44. The van der Waals surface area contributed by atoms with E-state index >= 15 is 0 Å². The second-order valence-corrected chi connectivity index (χ2v) is 7.22. The molecule has 0 bridgehead atoms. The minimum Gasteiger partial charge on any atom is -0.480 e. The summed E-state index contributed by atoms with van der Waals surface area (Å²) in [6, 6.07) is 1.80. The highest BCUT2D eigenvalue weighted by atomic mass is 19.4. The van der Waals surface area contributed by atoms with Gasteiger partial charge >= 0.3 is 6.18 Å². The summed E-state index contributed by atoms with van der Waals surface area (Å²) in [6.45, 7) is -1.46. The largest absolute Gasteiger partial charge is 0.480 e. The van der Waals surface area contributed by atoms with Gasteiger partial charge in [0.1, 0.15) is 18.0 Å². The molecular formula is C20H17F5N6O2. The van der Waals surface area contributed by atoms with Crippen molar-refractivity contribution in [2.24, 2.45) is 10.7 Å². The highest BCUT2D eigenvalue weighted by Crippen LogP contribution is 2.42. The third-order valence-electron chi connectivity index (χ3n) is 5.07. The Kier molecular flexibility index (Phi) is 5.64. The van der Waals surface area contributed by atoms with Crippen LogP contribution < -0.4 is 15.8 Å². The SMILES string of the molecule is COc1cnc2c(Nc3ccc(F)c([C@@]4(CF)C[C@H](C(F)(F)F)N=C(N)O4)c3)nccc2n1. The number of rotatable bonds is 5. The van der Waals surface area contributed by atoms with Gasteiger partial charge in [-0.15, -0.1) is 0 Å². The number of nitrogens with two attached hydrogens (primary N) is 1. The minimum absolute atomic E-state index is 0.199. The van der Waals surface area contributed by atoms with Gasteiger partial charge in [-0.3, -0.25) is 0 Å². The molecule has 1 aromatic carbocycles. The van der Waals surface area contributed by atoms with Crippen molar-refractivity contribution in [1.82, 2.24) is 15.0 Å². The minimum atomic E-state index is -4.81. The molecule has 0 fully saturated rings. The number of amidine groups is 1. The Labute approximate surface area is 183 Å². The number of benzene rings is 1. The maximum atomic E-state index is 14.7. The molecule has 0 saturated carbocycles. The molecular weight excluding hydrogens is 451 g/mol. The number of hydrogen-bond donors (Lipinski definition) is 2. The van der Waals surface area contributed by atoms with Crippen molar-refractivity contribution in [2.45, 2.75) is 24.2 Å². The van der Waals surface area contributed by atoms with Crippen LogP contribution in [0.5, 0.6) is 5.88 Å². The first kappa shape index (κ1) is 22.4. The van der Waals surface area contributed by atoms with E-state index in [9.17, 15) is 22.0 Å². The van der Waals surface area contributed by atoms with Crippen molar-refractivity contribution < 1.29 is 31.4 Å². The van der Waals surface area contributed by atoms with E-state index in [1.165, 1.54) is 25.6 Å². The van der Waals surface area contributed by atoms with Gasteiger partial charge in [-0.25, -0.2) is 28.7 Å². The molecule has 4 rings (SSSR count). The first-order valence-corrected chi connectivity index (χ1v) is 9.53. The molecule has 0 radical (unpaired) electrons. The van der Waals surface area contributed by atoms with Gasteiger partial charge < -0.3 is 20.5 Å². The maximum absolute atomic E-state index is 14.7. The number of alkyl halides is 4. The molecule has 13 heteroatoms. The fourth-order valence-corrected chi connectivity index (χ4v) is 3.49. The molecule has 2 aromatic heterocycles. The van der Waals surface area contributed by atoms with Crippen LogP contribution in [0.25, 0.3) is 11.0 Å². The number of hydrogen-bond acceptors (Lipinski definition) is 8. The van der Waals surface area contributed by atoms with Crippen LogP contribution in [0.2, 0.25) is 0 Å². The molecule has 0 amide bonds. The molecule has 33 heavy (non-hydrogen) atoms. The number of ether oxygens (including phenoxy) is 2. The predicted molar refractivity (Wildman–Crippen MR) is 108 cm³/mol. The van der Waals surface area contributed by atoms with Gasteiger partial charge in [0, 0.05) is 23.9 Å². The number of anilines is 2. The van der Waals surface area contributed by atoms with Crippen LogP contribution in [0.15, 0.2) is 41.7 Å². The van der Waals surface area contributed by atoms with Crippen LogP contribution in [0.4, 0.5) is 33.5 Å². The van der Waals surface area contributed by atoms with Crippen LogP contribution in [0.1, 0.15) is 12.0 Å². The lowest BCUT2D eigenvalue weighted by molar-refractivity contribution is -0.167. The monoisotopic (exact) mass is 468 g/mol. The maximum Gasteiger partial charge on any atom is 0.411 e. The Morgan fingerprint density at radius 1 is 1.27 bits per heavy atom. The topological polar surface area (TPSA) is 108 Å². The number of aromatic nitrogens is 3. The summed E-state index contributed by atoms with van der Waals surface area (Å²) in [5.41, 5.74) is 3.63. The zero-order chi connectivity index (χ0) is 23.8. The number of fused-ring (bicyclic) bond motifs is 1. The fraction of sp³-hybridized carbons (Fsp3) is 0.300. The summed E-state index contributed by atoms with van der Waals surface area (Å²) in [6.07, 6.45) is -2.97. The van der Waals surface area contributed by atoms with E-state index in [0.29, 0.717) is 11.0 Å². The molecule has 8 nitrogen and oxygen atoms in total. The number of nitrogens with zero attached hydrogens (tertiary/aromatic N) is 4. The molecule has 0 saturated heterocycles. The summed E-state index contributed by atoms with van der Waals surface area (Å²) < 4.78 is 79.0. The van der Waals surface area contributed by atoms with Crippen molar-refractivity contribution in [3.63, 3.8) is 0 Å². The Hall–Kier alpha value is -3.77. The van der Waals surface area contributed by atoms with E-state index in [2.05, 4.69) is 25.3 Å². The summed E-state index contributed by atoms with van der Waals surface area (Å²) in [5, 5.41) is 2.90. The van der Waals surface area contributed by atoms with Crippen LogP contribution in [-0.2, 0) is 10.3 Å². The lowest BCUT2D eigenvalue weighted by atomic mass is 9.86. The van der Waals surface area contributed by atoms with Crippen molar-refractivity contribution in [3.05, 3.63) is 48.0 Å². The first-order chi connectivity index (χ1) is 15.6. The predicted octanol–water partition coefficient (Wildman–Crippen LogP) is 3.75. The molecule has 3 N–H and O–H groups in total. The van der Waals surface area contributed by atoms with E-state index in [1.54, 1.807) is 6.07 Å². The molecule has 0 unspecified atom stereocenters. The second-order valence-electron chi connectivity index (χ2n) is 7.22. The average molecular weight is 468 g/mol. The van der Waals surface area contributed by atoms with Gasteiger partial charge in [0.2, 0.25) is 5.88 Å². The zero-order valence-electron chi connectivity index (χ0n) is 17.0. The van der Waals surface area contributed by atoms with Crippen LogP contribution in [0.3, 0.4) is 0 Å². The van der Waals surface area contributed by atoms with Gasteiger partial charge in [0.15, 0.2) is 17.5 Å². The Morgan fingerprint density at radius 2 is 2.06 bits per heavy atom. The fourth-order valence-electron chi connectivity index (χ4n) is 3.49. The normalized spacial score (nSPS) is 20.8. The van der Waals surface area contributed by atoms with Crippen molar-refractivity contribution >= 4 is 28.6 Å². The van der Waals surface area contributed by atoms with E-state index in [0.717, 1.165) is 12.1 Å². The molecule has 2 atom stereocenters. The quantitative estimate of drug-likeness (QED) is 0.549. The summed E-state index contributed by atoms with van der Waals surface area (Å²) >= 11 is 0. The number of aliphatic imine (C=N–C) groups is 1. The average Bonchev–Trinajstić information content (AvgIpc) is 2.79. The van der Waals surface area contributed by atoms with Crippen LogP contribution >= 0.6 is 0 Å². The van der Waals surface area contributed by atoms with E-state index in [-0.39, 0.29) is 17.4 Å². The van der Waals surface area contributed by atoms with Crippen molar-refractivity contribution in [1.29, 1.82) is 0 Å². The third kappa shape index (κ3) is 4.30. The Balaban J connectivity index is 1.73. The molecule has 3 heterocycles. The molecule has 1 aliphatic heterocycles. The summed E-state index contributed by atoms with van der Waals surface area (Å²) in [5.74, 6) is -0.459. The van der Waals surface area contributed by atoms with E-state index in [1.807, 2.05) is 0 Å². The smallest absolute Gasteiger partial charge is 0.411 e. The standard InChI is InChI=1S/C20H17F5N6O2/c1-32-15-8-28-16-13(30-15)4-5-27-17(16)29-10-2-3-12(22)11(6-10)19(9-21)7-14(20(23,24)25)31-18(26)33-19/h2-6,8,14H,7,9H2,1H3,(H2,26,31)(H,27,29)/t14-,19+/m1/s1. The Bertz CT molecular complexity index is 1220. The highest BCUT2D eigenvalue weighted by molar-refractivity contribution is 5.87. The van der Waals surface area contributed by atoms with Crippen LogP contribution in [-0.4, -0.2) is 47.0 Å². The van der Waals surface area contributed by atoms with E-state index < -0.39 is 48.3 Å². The molecule has 3 aromatic rings. The second kappa shape index (κ2) is 8.30. The van der Waals surface area contributed by atoms with Gasteiger partial charge in [-0.05, 0) is 24.3 Å². The van der Waals surface area contributed by atoms with Crippen molar-refractivity contribution in [3.8, 4) is 5.88 Å². The Morgan fingerprint density at radius 3 is 2.76 bits per heavy atom. The number of halogens is 5. The number of nitrogens with one attached hydrogen (secondary N) is 1. The zero-order valence-corrected chi connectivity index (χ0v) is 17.0. The van der Waals surface area contributed by atoms with Gasteiger partial charge in [-0.1, -0.05) is 0 Å². The van der Waals surface area contributed by atoms with Gasteiger partial charge in [-0.2, -0.15) is 13.2 Å². The summed E-state index contributed by atoms with van der Waals surface area (Å²) in [4.78, 5) is 15.8. The number of pyridine rings is 1. The molecule has 0 aliphatic carbocycles.